The van der Waals surface area contributed by atoms with Crippen LogP contribution in [0, 0.1) is 5.92 Å². The molecule has 0 aliphatic heterocycles. The Balaban J connectivity index is 2.03. The fraction of sp³-hybridized carbons (Fsp3) is 0.118. The number of hydrogen-bond donors (Lipinski definition) is 0. The molecule has 0 bridgehead atoms. The molecule has 94 valence electrons. The Morgan fingerprint density at radius 2 is 1.26 bits per heavy atom. The second-order valence-electron chi connectivity index (χ2n) is 4.52. The Kier molecular flexibility index (Phi) is 2.92. The van der Waals surface area contributed by atoms with Crippen molar-refractivity contribution in [2.24, 2.45) is 5.92 Å². The van der Waals surface area contributed by atoms with Gasteiger partial charge >= 0.3 is 5.97 Å². The minimum Gasteiger partial charge on any atom is -0.468 e. The zero-order valence-electron chi connectivity index (χ0n) is 10.7. The van der Waals surface area contributed by atoms with Gasteiger partial charge in [0.2, 0.25) is 0 Å². The summed E-state index contributed by atoms with van der Waals surface area (Å²) in [6.45, 7) is 0. The fourth-order valence-electron chi connectivity index (χ4n) is 2.46. The van der Waals surface area contributed by atoms with Gasteiger partial charge in [0, 0.05) is 0 Å². The van der Waals surface area contributed by atoms with Crippen molar-refractivity contribution in [2.75, 3.05) is 7.11 Å². The van der Waals surface area contributed by atoms with Gasteiger partial charge in [0.1, 0.15) is 5.92 Å². The van der Waals surface area contributed by atoms with E-state index in [0.717, 1.165) is 22.3 Å². The molecule has 0 atom stereocenters. The lowest BCUT2D eigenvalue weighted by atomic mass is 10.1. The highest BCUT2D eigenvalue weighted by Gasteiger charge is 2.44. The van der Waals surface area contributed by atoms with E-state index in [1.54, 1.807) is 0 Å². The third-order valence-corrected chi connectivity index (χ3v) is 3.39. The minimum atomic E-state index is -0.213. The van der Waals surface area contributed by atoms with Crippen molar-refractivity contribution in [1.29, 1.82) is 0 Å². The van der Waals surface area contributed by atoms with Crippen LogP contribution in [0.15, 0.2) is 60.7 Å². The molecule has 0 radical (unpaired) electrons. The molecule has 2 aromatic rings. The molecule has 0 saturated heterocycles. The van der Waals surface area contributed by atoms with E-state index >= 15 is 0 Å². The van der Waals surface area contributed by atoms with Crippen molar-refractivity contribution in [1.82, 2.24) is 0 Å². The van der Waals surface area contributed by atoms with Crippen molar-refractivity contribution in [3.05, 3.63) is 71.8 Å². The largest absolute Gasteiger partial charge is 0.468 e. The number of rotatable bonds is 3. The van der Waals surface area contributed by atoms with Gasteiger partial charge in [-0.2, -0.15) is 0 Å². The van der Waals surface area contributed by atoms with Crippen molar-refractivity contribution < 1.29 is 9.53 Å². The monoisotopic (exact) mass is 250 g/mol. The van der Waals surface area contributed by atoms with Gasteiger partial charge in [0.25, 0.3) is 0 Å². The third-order valence-electron chi connectivity index (χ3n) is 3.39. The summed E-state index contributed by atoms with van der Waals surface area (Å²) < 4.78 is 4.90. The van der Waals surface area contributed by atoms with Crippen LogP contribution in [-0.2, 0) is 9.53 Å². The van der Waals surface area contributed by atoms with Crippen LogP contribution in [0.4, 0.5) is 0 Å². The first kappa shape index (κ1) is 11.7. The van der Waals surface area contributed by atoms with E-state index in [4.69, 9.17) is 4.74 Å². The highest BCUT2D eigenvalue weighted by molar-refractivity contribution is 6.22. The number of methoxy groups -OCH3 is 1. The molecule has 0 amide bonds. The van der Waals surface area contributed by atoms with Crippen LogP contribution in [0.3, 0.4) is 0 Å². The maximum Gasteiger partial charge on any atom is 0.317 e. The highest BCUT2D eigenvalue weighted by Crippen LogP contribution is 2.53. The Morgan fingerprint density at radius 3 is 1.63 bits per heavy atom. The molecule has 19 heavy (non-hydrogen) atoms. The van der Waals surface area contributed by atoms with Gasteiger partial charge in [-0.15, -0.1) is 0 Å². The molecule has 2 heteroatoms. The molecule has 2 aromatic carbocycles. The predicted octanol–water partition coefficient (Wildman–Crippen LogP) is 3.40. The second kappa shape index (κ2) is 4.73. The van der Waals surface area contributed by atoms with E-state index in [1.807, 2.05) is 60.7 Å². The predicted molar refractivity (Wildman–Crippen MR) is 75.2 cm³/mol. The van der Waals surface area contributed by atoms with E-state index in [1.165, 1.54) is 7.11 Å². The van der Waals surface area contributed by atoms with Crippen LogP contribution in [-0.4, -0.2) is 13.1 Å². The van der Waals surface area contributed by atoms with Gasteiger partial charge in [0.15, 0.2) is 0 Å². The van der Waals surface area contributed by atoms with Gasteiger partial charge < -0.3 is 4.74 Å². The van der Waals surface area contributed by atoms with Crippen LogP contribution in [0.2, 0.25) is 0 Å². The summed E-state index contributed by atoms with van der Waals surface area (Å²) in [5.74, 6) is -0.396. The first-order valence-corrected chi connectivity index (χ1v) is 6.25. The lowest BCUT2D eigenvalue weighted by Gasteiger charge is -1.99. The summed E-state index contributed by atoms with van der Waals surface area (Å²) >= 11 is 0. The number of carbonyl (C=O) groups is 1. The lowest BCUT2D eigenvalue weighted by Crippen LogP contribution is -2.06. The average molecular weight is 250 g/mol. The molecule has 0 heterocycles. The summed E-state index contributed by atoms with van der Waals surface area (Å²) in [6, 6.07) is 20.0. The van der Waals surface area contributed by atoms with Crippen LogP contribution in [0.1, 0.15) is 11.1 Å². The zero-order valence-corrected chi connectivity index (χ0v) is 10.7. The van der Waals surface area contributed by atoms with E-state index in [-0.39, 0.29) is 11.9 Å². The topological polar surface area (TPSA) is 26.3 Å². The van der Waals surface area contributed by atoms with Crippen molar-refractivity contribution in [3.8, 4) is 0 Å². The molecule has 0 saturated carbocycles. The lowest BCUT2D eigenvalue weighted by molar-refractivity contribution is -0.140. The Labute approximate surface area is 112 Å². The Morgan fingerprint density at radius 1 is 0.842 bits per heavy atom. The normalized spacial score (nSPS) is 14.4. The molecular formula is C17H14O2. The second-order valence-corrected chi connectivity index (χ2v) is 4.52. The van der Waals surface area contributed by atoms with Crippen LogP contribution in [0.5, 0.6) is 0 Å². The van der Waals surface area contributed by atoms with Gasteiger partial charge in [-0.05, 0) is 22.3 Å². The van der Waals surface area contributed by atoms with Crippen LogP contribution < -0.4 is 0 Å². The van der Waals surface area contributed by atoms with Crippen molar-refractivity contribution >= 4 is 17.1 Å². The van der Waals surface area contributed by atoms with Gasteiger partial charge in [-0.3, -0.25) is 4.79 Å². The smallest absolute Gasteiger partial charge is 0.317 e. The summed E-state index contributed by atoms with van der Waals surface area (Å²) in [4.78, 5) is 11.9. The number of benzene rings is 2. The number of hydrogen-bond acceptors (Lipinski definition) is 2. The summed E-state index contributed by atoms with van der Waals surface area (Å²) in [5.41, 5.74) is 4.35. The van der Waals surface area contributed by atoms with Crippen LogP contribution >= 0.6 is 0 Å². The van der Waals surface area contributed by atoms with E-state index < -0.39 is 0 Å². The molecule has 1 aliphatic rings. The van der Waals surface area contributed by atoms with Crippen molar-refractivity contribution in [3.63, 3.8) is 0 Å². The molecule has 1 aliphatic carbocycles. The SMILES string of the molecule is COC(=O)C1C(c2ccccc2)=C1c1ccccc1. The first-order valence-electron chi connectivity index (χ1n) is 6.25. The van der Waals surface area contributed by atoms with Crippen molar-refractivity contribution in [2.45, 2.75) is 0 Å². The average Bonchev–Trinajstić information content (AvgIpc) is 3.24. The number of ether oxygens (including phenoxy) is 1. The van der Waals surface area contributed by atoms with E-state index in [9.17, 15) is 4.79 Å². The zero-order chi connectivity index (χ0) is 13.2. The molecular weight excluding hydrogens is 236 g/mol. The maximum atomic E-state index is 11.9. The van der Waals surface area contributed by atoms with Gasteiger partial charge in [-0.1, -0.05) is 60.7 Å². The van der Waals surface area contributed by atoms with Gasteiger partial charge in [0.05, 0.1) is 7.11 Å². The molecule has 0 N–H and O–H groups in total. The quantitative estimate of drug-likeness (QED) is 0.780. The third kappa shape index (κ3) is 2.06. The molecule has 2 nitrogen and oxygen atoms in total. The highest BCUT2D eigenvalue weighted by atomic mass is 16.5. The summed E-state index contributed by atoms with van der Waals surface area (Å²) in [5, 5.41) is 0. The fourth-order valence-corrected chi connectivity index (χ4v) is 2.46. The molecule has 0 aromatic heterocycles. The maximum absolute atomic E-state index is 11.9. The molecule has 0 spiro atoms. The molecule has 0 fully saturated rings. The van der Waals surface area contributed by atoms with Gasteiger partial charge in [-0.25, -0.2) is 0 Å². The first-order chi connectivity index (χ1) is 9.33. The van der Waals surface area contributed by atoms with E-state index in [2.05, 4.69) is 0 Å². The summed E-state index contributed by atoms with van der Waals surface area (Å²) in [6.07, 6.45) is 0. The number of esters is 1. The molecule has 0 unspecified atom stereocenters. The standard InChI is InChI=1S/C17H14O2/c1-19-17(18)16-14(12-8-4-2-5-9-12)15(16)13-10-6-3-7-11-13/h2-11,16H,1H3. The number of carbonyl (C=O) groups excluding carboxylic acids is 1. The molecule has 3 rings (SSSR count). The van der Waals surface area contributed by atoms with E-state index in [0.29, 0.717) is 0 Å². The Bertz CT molecular complexity index is 577. The Hall–Kier alpha value is -2.35. The minimum absolute atomic E-state index is 0.183. The summed E-state index contributed by atoms with van der Waals surface area (Å²) in [7, 11) is 1.44. The van der Waals surface area contributed by atoms with Crippen LogP contribution in [0.25, 0.3) is 11.1 Å².